The number of aryl methyl sites for hydroxylation is 4. The Morgan fingerprint density at radius 2 is 0.906 bits per heavy atom. The average molecular weight is 900 g/mol. The Hall–Kier alpha value is -6.39. The van der Waals surface area contributed by atoms with Crippen LogP contribution in [0.2, 0.25) is 0 Å². The molecule has 8 aromatic carbocycles. The molecule has 0 saturated heterocycles. The minimum atomic E-state index is -3.84. The van der Waals surface area contributed by atoms with E-state index in [1.165, 1.54) is 0 Å². The standard InChI is InChI=1S/C55H47O6S3/c1-36-15-31-53(38(3)33-36)63(56,57)45-26-22-43(23-27-45)62(44-24-28-46(29-25-44)64(58,59)54-32-16-37(2)34-39(54)4)52-35-41(19-30-51(52)61-6)55(40-17-20-42(60-5)21-18-40)49-13-9-7-11-47(49)48-12-8-10-14-50(48)55/h7-35H,1-6H3/q+1. The molecule has 0 spiro atoms. The predicted molar refractivity (Wildman–Crippen MR) is 255 cm³/mol. The largest absolute Gasteiger partial charge is 0.497 e. The van der Waals surface area contributed by atoms with Crippen LogP contribution in [0.1, 0.15) is 44.5 Å². The van der Waals surface area contributed by atoms with Gasteiger partial charge in [0.1, 0.15) is 16.6 Å². The lowest BCUT2D eigenvalue weighted by Crippen LogP contribution is -2.29. The van der Waals surface area contributed by atoms with Gasteiger partial charge < -0.3 is 9.47 Å². The normalized spacial score (nSPS) is 13.0. The molecule has 0 unspecified atom stereocenters. The maximum atomic E-state index is 14.1. The first-order valence-electron chi connectivity index (χ1n) is 20.9. The fourth-order valence-corrected chi connectivity index (χ4v) is 14.4. The Labute approximate surface area is 379 Å². The van der Waals surface area contributed by atoms with Gasteiger partial charge in [0.2, 0.25) is 24.6 Å². The van der Waals surface area contributed by atoms with E-state index in [1.807, 2.05) is 94.4 Å². The van der Waals surface area contributed by atoms with Crippen molar-refractivity contribution in [2.75, 3.05) is 14.2 Å². The minimum absolute atomic E-state index is 0.181. The lowest BCUT2D eigenvalue weighted by Gasteiger charge is -2.34. The molecule has 8 aromatic rings. The van der Waals surface area contributed by atoms with Crippen molar-refractivity contribution < 1.29 is 26.3 Å². The summed E-state index contributed by atoms with van der Waals surface area (Å²) in [5, 5.41) is 0. The van der Waals surface area contributed by atoms with Crippen LogP contribution in [0.25, 0.3) is 11.1 Å². The molecule has 0 bridgehead atoms. The van der Waals surface area contributed by atoms with Gasteiger partial charge in [-0.1, -0.05) is 102 Å². The zero-order valence-electron chi connectivity index (χ0n) is 36.4. The van der Waals surface area contributed by atoms with Crippen LogP contribution < -0.4 is 9.47 Å². The second kappa shape index (κ2) is 16.6. The highest BCUT2D eigenvalue weighted by Crippen LogP contribution is 2.57. The molecule has 0 amide bonds. The third-order valence-corrected chi connectivity index (χ3v) is 18.4. The molecule has 6 nitrogen and oxygen atoms in total. The molecule has 9 heteroatoms. The van der Waals surface area contributed by atoms with Gasteiger partial charge >= 0.3 is 0 Å². The number of methoxy groups -OCH3 is 2. The number of benzene rings is 8. The quantitative estimate of drug-likeness (QED) is 0.120. The third kappa shape index (κ3) is 7.12. The highest BCUT2D eigenvalue weighted by Gasteiger charge is 2.47. The van der Waals surface area contributed by atoms with Gasteiger partial charge in [-0.2, -0.15) is 0 Å². The SMILES string of the molecule is COc1ccc(C2(c3ccc(OC)c([S+](c4ccc(S(=O)(=O)c5ccc(C)cc5C)cc4)c4ccc(S(=O)(=O)c5ccc(C)cc5C)cc4)c3)c3ccccc3-c3ccccc32)cc1. The van der Waals surface area contributed by atoms with Crippen LogP contribution >= 0.6 is 0 Å². The Morgan fingerprint density at radius 1 is 0.453 bits per heavy atom. The second-order valence-corrected chi connectivity index (χ2v) is 22.1. The summed E-state index contributed by atoms with van der Waals surface area (Å²) in [7, 11) is -5.31. The van der Waals surface area contributed by atoms with Crippen LogP contribution in [0.4, 0.5) is 0 Å². The summed E-state index contributed by atoms with van der Waals surface area (Å²) in [6.45, 7) is 7.51. The lowest BCUT2D eigenvalue weighted by molar-refractivity contribution is 0.404. The summed E-state index contributed by atoms with van der Waals surface area (Å²) in [6.07, 6.45) is 0. The smallest absolute Gasteiger partial charge is 0.208 e. The molecule has 1 aliphatic carbocycles. The summed E-state index contributed by atoms with van der Waals surface area (Å²) in [4.78, 5) is 3.39. The first kappa shape index (κ1) is 42.9. The molecule has 0 atom stereocenters. The van der Waals surface area contributed by atoms with Crippen molar-refractivity contribution >= 4 is 30.6 Å². The van der Waals surface area contributed by atoms with E-state index >= 15 is 0 Å². The molecule has 1 aliphatic rings. The van der Waals surface area contributed by atoms with Crippen LogP contribution in [0.3, 0.4) is 0 Å². The average Bonchev–Trinajstić information content (AvgIpc) is 3.60. The number of fused-ring (bicyclic) bond motifs is 3. The molecule has 320 valence electrons. The molecule has 0 aromatic heterocycles. The van der Waals surface area contributed by atoms with E-state index in [4.69, 9.17) is 9.47 Å². The van der Waals surface area contributed by atoms with Crippen molar-refractivity contribution in [1.82, 2.24) is 0 Å². The topological polar surface area (TPSA) is 86.7 Å². The van der Waals surface area contributed by atoms with E-state index in [0.717, 1.165) is 64.9 Å². The van der Waals surface area contributed by atoms with Crippen molar-refractivity contribution in [3.8, 4) is 22.6 Å². The number of sulfone groups is 2. The summed E-state index contributed by atoms with van der Waals surface area (Å²) in [5.41, 5.74) is 9.22. The molecular weight excluding hydrogens is 853 g/mol. The van der Waals surface area contributed by atoms with Crippen LogP contribution in [-0.2, 0) is 36.0 Å². The Balaban J connectivity index is 1.26. The van der Waals surface area contributed by atoms with E-state index in [-0.39, 0.29) is 19.6 Å². The number of hydrogen-bond acceptors (Lipinski definition) is 6. The highest BCUT2D eigenvalue weighted by atomic mass is 32.2. The summed E-state index contributed by atoms with van der Waals surface area (Å²) in [5.74, 6) is 1.39. The molecule has 0 saturated carbocycles. The lowest BCUT2D eigenvalue weighted by atomic mass is 9.67. The van der Waals surface area contributed by atoms with Crippen LogP contribution in [0.5, 0.6) is 11.5 Å². The first-order valence-corrected chi connectivity index (χ1v) is 25.1. The molecule has 0 radical (unpaired) electrons. The summed E-state index contributed by atoms with van der Waals surface area (Å²) < 4.78 is 68.2. The fourth-order valence-electron chi connectivity index (χ4n) is 9.29. The van der Waals surface area contributed by atoms with Gasteiger partial charge in [-0.25, -0.2) is 16.8 Å². The highest BCUT2D eigenvalue weighted by molar-refractivity contribution is 7.97. The first-order chi connectivity index (χ1) is 30.8. The van der Waals surface area contributed by atoms with Gasteiger partial charge in [0.25, 0.3) is 0 Å². The molecule has 0 fully saturated rings. The van der Waals surface area contributed by atoms with E-state index in [2.05, 4.69) is 72.8 Å². The monoisotopic (exact) mass is 899 g/mol. The van der Waals surface area contributed by atoms with Crippen molar-refractivity contribution in [1.29, 1.82) is 0 Å². The van der Waals surface area contributed by atoms with Crippen molar-refractivity contribution in [2.45, 2.75) is 67.4 Å². The Kier molecular flexibility index (Phi) is 11.1. The van der Waals surface area contributed by atoms with Crippen LogP contribution in [0, 0.1) is 27.7 Å². The summed E-state index contributed by atoms with van der Waals surface area (Å²) in [6, 6.07) is 56.5. The molecule has 0 heterocycles. The van der Waals surface area contributed by atoms with Gasteiger partial charge in [-0.15, -0.1) is 0 Å². The molecule has 0 N–H and O–H groups in total. The van der Waals surface area contributed by atoms with E-state index in [9.17, 15) is 16.8 Å². The second-order valence-electron chi connectivity index (χ2n) is 16.2. The van der Waals surface area contributed by atoms with Crippen LogP contribution in [-0.4, -0.2) is 31.1 Å². The number of hydrogen-bond donors (Lipinski definition) is 0. The van der Waals surface area contributed by atoms with E-state index in [0.29, 0.717) is 16.9 Å². The zero-order chi connectivity index (χ0) is 45.0. The molecule has 64 heavy (non-hydrogen) atoms. The minimum Gasteiger partial charge on any atom is -0.497 e. The number of rotatable bonds is 11. The predicted octanol–water partition coefficient (Wildman–Crippen LogP) is 12.1. The zero-order valence-corrected chi connectivity index (χ0v) is 38.9. The maximum absolute atomic E-state index is 14.1. The van der Waals surface area contributed by atoms with Gasteiger partial charge in [0.15, 0.2) is 15.5 Å². The van der Waals surface area contributed by atoms with Gasteiger partial charge in [-0.3, -0.25) is 0 Å². The summed E-state index contributed by atoms with van der Waals surface area (Å²) >= 11 is 0. The van der Waals surface area contributed by atoms with Crippen LogP contribution in [0.15, 0.2) is 210 Å². The van der Waals surface area contributed by atoms with E-state index in [1.54, 1.807) is 50.6 Å². The van der Waals surface area contributed by atoms with Crippen molar-refractivity contribution in [2.24, 2.45) is 0 Å². The fraction of sp³-hybridized carbons (Fsp3) is 0.127. The molecular formula is C55H47O6S3+. The number of ether oxygens (including phenoxy) is 2. The Morgan fingerprint density at radius 3 is 1.34 bits per heavy atom. The van der Waals surface area contributed by atoms with Gasteiger partial charge in [0.05, 0.1) is 39.2 Å². The molecule has 9 rings (SSSR count). The van der Waals surface area contributed by atoms with Crippen molar-refractivity contribution in [3.63, 3.8) is 0 Å². The van der Waals surface area contributed by atoms with Crippen molar-refractivity contribution in [3.05, 3.63) is 220 Å². The Bertz CT molecular complexity index is 3130. The van der Waals surface area contributed by atoms with Gasteiger partial charge in [0, 0.05) is 6.07 Å². The molecule has 0 aliphatic heterocycles. The van der Waals surface area contributed by atoms with E-state index < -0.39 is 36.0 Å². The maximum Gasteiger partial charge on any atom is 0.208 e. The third-order valence-electron chi connectivity index (χ3n) is 12.3. The van der Waals surface area contributed by atoms with Gasteiger partial charge in [-0.05, 0) is 151 Å².